The summed E-state index contributed by atoms with van der Waals surface area (Å²) in [7, 11) is -3.36. The number of amides is 1. The van der Waals surface area contributed by atoms with Crippen molar-refractivity contribution in [3.8, 4) is 5.69 Å². The zero-order chi connectivity index (χ0) is 22.3. The van der Waals surface area contributed by atoms with Crippen molar-refractivity contribution in [1.29, 1.82) is 0 Å². The van der Waals surface area contributed by atoms with E-state index >= 15 is 0 Å². The van der Waals surface area contributed by atoms with Gasteiger partial charge in [-0.3, -0.25) is 9.36 Å². The summed E-state index contributed by atoms with van der Waals surface area (Å²) < 4.78 is 31.6. The molecule has 8 heteroatoms. The summed E-state index contributed by atoms with van der Waals surface area (Å²) in [5.74, 6) is -0.777. The molecule has 32 heavy (non-hydrogen) atoms. The molecule has 0 aliphatic rings. The fraction of sp³-hybridized carbons (Fsp3) is 0.0833. The lowest BCUT2D eigenvalue weighted by atomic mass is 10.1. The highest BCUT2D eigenvalue weighted by Crippen LogP contribution is 2.28. The first-order valence-electron chi connectivity index (χ1n) is 9.91. The first-order chi connectivity index (χ1) is 15.4. The normalized spacial score (nSPS) is 11.8. The largest absolute Gasteiger partial charge is 0.451 e. The van der Waals surface area contributed by atoms with Gasteiger partial charge in [0.1, 0.15) is 11.9 Å². The number of carbonyl (C=O) groups excluding carboxylic acids is 1. The quantitative estimate of drug-likeness (QED) is 0.428. The second-order valence-corrected chi connectivity index (χ2v) is 9.72. The van der Waals surface area contributed by atoms with Gasteiger partial charge in [-0.2, -0.15) is 0 Å². The Hall–Kier alpha value is -3.91. The second kappa shape index (κ2) is 7.65. The monoisotopic (exact) mass is 445 g/mol. The number of nitrogens with zero attached hydrogens (tertiary/aromatic N) is 2. The van der Waals surface area contributed by atoms with Gasteiger partial charge in [-0.15, -0.1) is 0 Å². The molecule has 2 heterocycles. The van der Waals surface area contributed by atoms with Gasteiger partial charge >= 0.3 is 0 Å². The highest BCUT2D eigenvalue weighted by molar-refractivity contribution is 7.89. The molecule has 0 fully saturated rings. The van der Waals surface area contributed by atoms with E-state index in [0.29, 0.717) is 22.2 Å². The van der Waals surface area contributed by atoms with E-state index in [2.05, 4.69) is 10.3 Å². The molecule has 5 aromatic rings. The zero-order valence-corrected chi connectivity index (χ0v) is 18.0. The van der Waals surface area contributed by atoms with Crippen LogP contribution in [0.25, 0.3) is 27.7 Å². The molecule has 0 saturated heterocycles. The molecule has 0 atom stereocenters. The van der Waals surface area contributed by atoms with E-state index in [-0.39, 0.29) is 11.5 Å². The number of rotatable bonds is 5. The van der Waals surface area contributed by atoms with E-state index in [1.807, 2.05) is 41.0 Å². The number of para-hydroxylation sites is 3. The van der Waals surface area contributed by atoms with Crippen LogP contribution in [0.1, 0.15) is 16.1 Å². The van der Waals surface area contributed by atoms with Crippen molar-refractivity contribution >= 4 is 43.4 Å². The predicted octanol–water partition coefficient (Wildman–Crippen LogP) is 4.57. The van der Waals surface area contributed by atoms with E-state index in [1.165, 1.54) is 0 Å². The van der Waals surface area contributed by atoms with Crippen LogP contribution in [0.4, 0.5) is 5.69 Å². The highest BCUT2D eigenvalue weighted by atomic mass is 32.2. The molecule has 0 saturated carbocycles. The van der Waals surface area contributed by atoms with Gasteiger partial charge in [-0.1, -0.05) is 30.3 Å². The molecule has 2 aromatic heterocycles. The molecule has 3 aromatic carbocycles. The lowest BCUT2D eigenvalue weighted by molar-refractivity contribution is 0.0998. The van der Waals surface area contributed by atoms with Crippen LogP contribution in [0.2, 0.25) is 0 Å². The Labute approximate surface area is 184 Å². The molecule has 0 radical (unpaired) electrons. The molecular weight excluding hydrogens is 426 g/mol. The van der Waals surface area contributed by atoms with Gasteiger partial charge < -0.3 is 9.73 Å². The maximum atomic E-state index is 13.0. The van der Waals surface area contributed by atoms with E-state index in [4.69, 9.17) is 4.42 Å². The lowest BCUT2D eigenvalue weighted by Gasteiger charge is -2.08. The SMILES string of the molecule is CS(=O)(=O)Cc1c(C(=O)Nc2ccc(-n3cnc4ccccc43)cc2)oc2ccccc12. The third-order valence-electron chi connectivity index (χ3n) is 5.17. The highest BCUT2D eigenvalue weighted by Gasteiger charge is 2.23. The number of imidazole rings is 1. The van der Waals surface area contributed by atoms with Crippen LogP contribution in [0.3, 0.4) is 0 Å². The number of fused-ring (bicyclic) bond motifs is 2. The van der Waals surface area contributed by atoms with Crippen LogP contribution < -0.4 is 5.32 Å². The third kappa shape index (κ3) is 3.76. The molecule has 7 nitrogen and oxygen atoms in total. The first kappa shape index (κ1) is 20.0. The van der Waals surface area contributed by atoms with Crippen LogP contribution in [-0.2, 0) is 15.6 Å². The third-order valence-corrected chi connectivity index (χ3v) is 5.98. The van der Waals surface area contributed by atoms with Crippen LogP contribution in [0, 0.1) is 0 Å². The fourth-order valence-electron chi connectivity index (χ4n) is 3.75. The summed E-state index contributed by atoms with van der Waals surface area (Å²) in [6.07, 6.45) is 2.89. The van der Waals surface area contributed by atoms with Crippen LogP contribution in [-0.4, -0.2) is 30.1 Å². The minimum atomic E-state index is -3.36. The second-order valence-electron chi connectivity index (χ2n) is 7.58. The Bertz CT molecular complexity index is 1560. The number of furan rings is 1. The van der Waals surface area contributed by atoms with Gasteiger partial charge in [0.05, 0.1) is 16.8 Å². The Morgan fingerprint density at radius 2 is 1.72 bits per heavy atom. The zero-order valence-electron chi connectivity index (χ0n) is 17.1. The number of hydrogen-bond donors (Lipinski definition) is 1. The summed E-state index contributed by atoms with van der Waals surface area (Å²) >= 11 is 0. The Kier molecular flexibility index (Phi) is 4.79. The van der Waals surface area contributed by atoms with E-state index in [0.717, 1.165) is 23.0 Å². The van der Waals surface area contributed by atoms with Crippen molar-refractivity contribution in [3.63, 3.8) is 0 Å². The van der Waals surface area contributed by atoms with Gasteiger partial charge in [0.15, 0.2) is 15.6 Å². The van der Waals surface area contributed by atoms with E-state index < -0.39 is 15.7 Å². The van der Waals surface area contributed by atoms with Gasteiger partial charge in [-0.05, 0) is 42.5 Å². The molecule has 0 bridgehead atoms. The lowest BCUT2D eigenvalue weighted by Crippen LogP contribution is -2.14. The summed E-state index contributed by atoms with van der Waals surface area (Å²) in [5, 5.41) is 3.42. The summed E-state index contributed by atoms with van der Waals surface area (Å²) in [4.78, 5) is 17.4. The number of sulfone groups is 1. The molecule has 160 valence electrons. The molecule has 1 N–H and O–H groups in total. The smallest absolute Gasteiger partial charge is 0.291 e. The molecule has 0 aliphatic heterocycles. The number of anilines is 1. The van der Waals surface area contributed by atoms with Crippen molar-refractivity contribution in [2.75, 3.05) is 11.6 Å². The van der Waals surface area contributed by atoms with Crippen molar-refractivity contribution in [1.82, 2.24) is 9.55 Å². The molecule has 5 rings (SSSR count). The van der Waals surface area contributed by atoms with Crippen LogP contribution in [0.5, 0.6) is 0 Å². The first-order valence-corrected chi connectivity index (χ1v) is 12.0. The van der Waals surface area contributed by atoms with Crippen molar-refractivity contribution in [2.24, 2.45) is 0 Å². The summed E-state index contributed by atoms with van der Waals surface area (Å²) in [5.41, 5.74) is 4.18. The molecule has 1 amide bonds. The van der Waals surface area contributed by atoms with Crippen molar-refractivity contribution < 1.29 is 17.6 Å². The molecule has 0 unspecified atom stereocenters. The maximum Gasteiger partial charge on any atom is 0.291 e. The topological polar surface area (TPSA) is 94.2 Å². The van der Waals surface area contributed by atoms with Gasteiger partial charge in [0, 0.05) is 28.6 Å². The van der Waals surface area contributed by atoms with E-state index in [1.54, 1.807) is 42.7 Å². The maximum absolute atomic E-state index is 13.0. The van der Waals surface area contributed by atoms with Crippen LogP contribution in [0.15, 0.2) is 83.5 Å². The minimum Gasteiger partial charge on any atom is -0.451 e. The average Bonchev–Trinajstić information content (AvgIpc) is 3.35. The molecular formula is C24H19N3O4S. The Morgan fingerprint density at radius 1 is 1.00 bits per heavy atom. The summed E-state index contributed by atoms with van der Waals surface area (Å²) in [6.45, 7) is 0. The summed E-state index contributed by atoms with van der Waals surface area (Å²) in [6, 6.07) is 22.2. The van der Waals surface area contributed by atoms with Crippen molar-refractivity contribution in [2.45, 2.75) is 5.75 Å². The number of nitrogens with one attached hydrogen (secondary N) is 1. The van der Waals surface area contributed by atoms with Crippen molar-refractivity contribution in [3.05, 3.63) is 90.4 Å². The predicted molar refractivity (Wildman–Crippen MR) is 124 cm³/mol. The number of hydrogen-bond acceptors (Lipinski definition) is 5. The van der Waals surface area contributed by atoms with E-state index in [9.17, 15) is 13.2 Å². The Morgan fingerprint density at radius 3 is 2.50 bits per heavy atom. The van der Waals surface area contributed by atoms with Gasteiger partial charge in [-0.25, -0.2) is 13.4 Å². The number of aromatic nitrogens is 2. The number of carbonyl (C=O) groups is 1. The van der Waals surface area contributed by atoms with Gasteiger partial charge in [0.2, 0.25) is 0 Å². The van der Waals surface area contributed by atoms with Crippen LogP contribution >= 0.6 is 0 Å². The minimum absolute atomic E-state index is 0.00121. The standard InChI is InChI=1S/C24H19N3O4S/c1-32(29,30)14-19-18-6-2-5-9-22(18)31-23(19)24(28)26-16-10-12-17(13-11-16)27-15-25-20-7-3-4-8-21(20)27/h2-13,15H,14H2,1H3,(H,26,28). The molecule has 0 spiro atoms. The average molecular weight is 446 g/mol. The van der Waals surface area contributed by atoms with Gasteiger partial charge in [0.25, 0.3) is 5.91 Å². The molecule has 0 aliphatic carbocycles. The number of benzene rings is 3. The Balaban J connectivity index is 1.44. The fourth-order valence-corrected chi connectivity index (χ4v) is 4.56.